The Balaban J connectivity index is 2.37. The van der Waals surface area contributed by atoms with Crippen LogP contribution in [0.3, 0.4) is 0 Å². The van der Waals surface area contributed by atoms with Gasteiger partial charge in [-0.05, 0) is 25.0 Å². The SMILES string of the molecule is CNc1cccc(OC2CC2)c1C(=O)O. The zero-order valence-corrected chi connectivity index (χ0v) is 8.49. The van der Waals surface area contributed by atoms with Crippen LogP contribution in [0.4, 0.5) is 5.69 Å². The first-order valence-corrected chi connectivity index (χ1v) is 4.93. The fraction of sp³-hybridized carbons (Fsp3) is 0.364. The van der Waals surface area contributed by atoms with Crippen LogP contribution in [0.15, 0.2) is 18.2 Å². The van der Waals surface area contributed by atoms with Crippen molar-refractivity contribution in [2.75, 3.05) is 12.4 Å². The highest BCUT2D eigenvalue weighted by Gasteiger charge is 2.26. The van der Waals surface area contributed by atoms with Crippen molar-refractivity contribution >= 4 is 11.7 Å². The number of carbonyl (C=O) groups is 1. The molecule has 15 heavy (non-hydrogen) atoms. The quantitative estimate of drug-likeness (QED) is 0.792. The first kappa shape index (κ1) is 9.83. The van der Waals surface area contributed by atoms with Gasteiger partial charge in [-0.25, -0.2) is 4.79 Å². The van der Waals surface area contributed by atoms with Gasteiger partial charge in [0, 0.05) is 7.05 Å². The van der Waals surface area contributed by atoms with Crippen molar-refractivity contribution in [3.8, 4) is 5.75 Å². The summed E-state index contributed by atoms with van der Waals surface area (Å²) in [7, 11) is 1.70. The molecule has 4 heteroatoms. The highest BCUT2D eigenvalue weighted by atomic mass is 16.5. The Labute approximate surface area is 87.9 Å². The van der Waals surface area contributed by atoms with Gasteiger partial charge < -0.3 is 15.2 Å². The fourth-order valence-electron chi connectivity index (χ4n) is 1.42. The maximum absolute atomic E-state index is 11.1. The van der Waals surface area contributed by atoms with E-state index in [4.69, 9.17) is 9.84 Å². The van der Waals surface area contributed by atoms with Gasteiger partial charge in [0.25, 0.3) is 0 Å². The second-order valence-electron chi connectivity index (χ2n) is 3.55. The third-order valence-corrected chi connectivity index (χ3v) is 2.33. The Kier molecular flexibility index (Phi) is 2.49. The molecule has 1 aliphatic rings. The Morgan fingerprint density at radius 2 is 2.27 bits per heavy atom. The van der Waals surface area contributed by atoms with Crippen molar-refractivity contribution < 1.29 is 14.6 Å². The number of benzene rings is 1. The Morgan fingerprint density at radius 1 is 1.53 bits per heavy atom. The maximum Gasteiger partial charge on any atom is 0.341 e. The van der Waals surface area contributed by atoms with Crippen molar-refractivity contribution in [3.63, 3.8) is 0 Å². The summed E-state index contributed by atoms with van der Waals surface area (Å²) in [4.78, 5) is 11.1. The first-order chi connectivity index (χ1) is 7.22. The standard InChI is InChI=1S/C11H13NO3/c1-12-8-3-2-4-9(10(8)11(13)14)15-7-5-6-7/h2-4,7,12H,5-6H2,1H3,(H,13,14). The van der Waals surface area contributed by atoms with Gasteiger partial charge in [0.2, 0.25) is 0 Å². The summed E-state index contributed by atoms with van der Waals surface area (Å²) in [5, 5.41) is 11.9. The van der Waals surface area contributed by atoms with Gasteiger partial charge in [-0.3, -0.25) is 0 Å². The highest BCUT2D eigenvalue weighted by molar-refractivity contribution is 5.97. The van der Waals surface area contributed by atoms with Crippen LogP contribution in [-0.2, 0) is 0 Å². The van der Waals surface area contributed by atoms with Gasteiger partial charge in [-0.15, -0.1) is 0 Å². The Hall–Kier alpha value is -1.71. The van der Waals surface area contributed by atoms with E-state index in [9.17, 15) is 4.79 Å². The molecule has 1 fully saturated rings. The summed E-state index contributed by atoms with van der Waals surface area (Å²) in [6.45, 7) is 0. The zero-order valence-electron chi connectivity index (χ0n) is 8.49. The van der Waals surface area contributed by atoms with Crippen LogP contribution < -0.4 is 10.1 Å². The van der Waals surface area contributed by atoms with Crippen LogP contribution in [0.5, 0.6) is 5.75 Å². The van der Waals surface area contributed by atoms with Crippen LogP contribution >= 0.6 is 0 Å². The van der Waals surface area contributed by atoms with Crippen LogP contribution in [0.25, 0.3) is 0 Å². The molecular formula is C11H13NO3. The lowest BCUT2D eigenvalue weighted by Crippen LogP contribution is -2.07. The van der Waals surface area contributed by atoms with Crippen LogP contribution in [0, 0.1) is 0 Å². The normalized spacial score (nSPS) is 14.7. The average molecular weight is 207 g/mol. The van der Waals surface area contributed by atoms with E-state index in [1.165, 1.54) is 0 Å². The molecule has 1 aliphatic carbocycles. The van der Waals surface area contributed by atoms with Gasteiger partial charge in [-0.1, -0.05) is 6.07 Å². The lowest BCUT2D eigenvalue weighted by molar-refractivity contribution is 0.0693. The minimum Gasteiger partial charge on any atom is -0.489 e. The number of nitrogens with one attached hydrogen (secondary N) is 1. The van der Waals surface area contributed by atoms with Gasteiger partial charge in [0.15, 0.2) is 0 Å². The summed E-state index contributed by atoms with van der Waals surface area (Å²) in [5.74, 6) is -0.507. The molecule has 1 saturated carbocycles. The van der Waals surface area contributed by atoms with Gasteiger partial charge in [-0.2, -0.15) is 0 Å². The molecule has 1 aromatic carbocycles. The molecule has 0 saturated heterocycles. The molecule has 0 aromatic heterocycles. The third kappa shape index (κ3) is 2.03. The molecule has 2 N–H and O–H groups in total. The molecule has 0 heterocycles. The summed E-state index contributed by atoms with van der Waals surface area (Å²) >= 11 is 0. The fourth-order valence-corrected chi connectivity index (χ4v) is 1.42. The first-order valence-electron chi connectivity index (χ1n) is 4.93. The molecule has 1 aromatic rings. The van der Waals surface area contributed by atoms with E-state index in [-0.39, 0.29) is 11.7 Å². The van der Waals surface area contributed by atoms with Crippen LogP contribution in [-0.4, -0.2) is 24.2 Å². The lowest BCUT2D eigenvalue weighted by Gasteiger charge is -2.11. The van der Waals surface area contributed by atoms with Crippen molar-refractivity contribution in [2.45, 2.75) is 18.9 Å². The van der Waals surface area contributed by atoms with E-state index in [0.29, 0.717) is 11.4 Å². The number of aromatic carboxylic acids is 1. The largest absolute Gasteiger partial charge is 0.489 e. The zero-order chi connectivity index (χ0) is 10.8. The molecule has 4 nitrogen and oxygen atoms in total. The average Bonchev–Trinajstić information content (AvgIpc) is 3.01. The molecule has 0 radical (unpaired) electrons. The van der Waals surface area contributed by atoms with Crippen LogP contribution in [0.2, 0.25) is 0 Å². The molecule has 0 amide bonds. The van der Waals surface area contributed by atoms with Crippen molar-refractivity contribution in [1.82, 2.24) is 0 Å². The molecule has 0 spiro atoms. The summed E-state index contributed by atoms with van der Waals surface area (Å²) in [5.41, 5.74) is 0.799. The minimum atomic E-state index is -0.962. The van der Waals surface area contributed by atoms with Gasteiger partial charge >= 0.3 is 5.97 Å². The summed E-state index contributed by atoms with van der Waals surface area (Å²) < 4.78 is 5.54. The predicted octanol–water partition coefficient (Wildman–Crippen LogP) is 1.97. The third-order valence-electron chi connectivity index (χ3n) is 2.33. The topological polar surface area (TPSA) is 58.6 Å². The second kappa shape index (κ2) is 3.81. The number of ether oxygens (including phenoxy) is 1. The highest BCUT2D eigenvalue weighted by Crippen LogP contribution is 2.32. The molecule has 0 atom stereocenters. The molecular weight excluding hydrogens is 194 g/mol. The lowest BCUT2D eigenvalue weighted by atomic mass is 10.1. The number of rotatable bonds is 4. The number of hydrogen-bond acceptors (Lipinski definition) is 3. The predicted molar refractivity (Wildman–Crippen MR) is 56.6 cm³/mol. The Morgan fingerprint density at radius 3 is 2.80 bits per heavy atom. The van der Waals surface area contributed by atoms with E-state index in [0.717, 1.165) is 12.8 Å². The van der Waals surface area contributed by atoms with Crippen molar-refractivity contribution in [2.24, 2.45) is 0 Å². The van der Waals surface area contributed by atoms with E-state index >= 15 is 0 Å². The van der Waals surface area contributed by atoms with Gasteiger partial charge in [0.05, 0.1) is 11.8 Å². The van der Waals surface area contributed by atoms with Crippen molar-refractivity contribution in [1.29, 1.82) is 0 Å². The minimum absolute atomic E-state index is 0.204. The number of hydrogen-bond donors (Lipinski definition) is 2. The molecule has 0 aliphatic heterocycles. The summed E-state index contributed by atoms with van der Waals surface area (Å²) in [6.07, 6.45) is 2.24. The maximum atomic E-state index is 11.1. The monoisotopic (exact) mass is 207 g/mol. The smallest absolute Gasteiger partial charge is 0.341 e. The molecule has 0 unspecified atom stereocenters. The molecule has 2 rings (SSSR count). The number of carboxylic acids is 1. The van der Waals surface area contributed by atoms with Crippen molar-refractivity contribution in [3.05, 3.63) is 23.8 Å². The van der Waals surface area contributed by atoms with E-state index in [2.05, 4.69) is 5.32 Å². The number of carboxylic acid groups (broad SMARTS) is 1. The second-order valence-corrected chi connectivity index (χ2v) is 3.55. The molecule has 0 bridgehead atoms. The Bertz CT molecular complexity index is 385. The van der Waals surface area contributed by atoms with Gasteiger partial charge in [0.1, 0.15) is 11.3 Å². The molecule has 80 valence electrons. The van der Waals surface area contributed by atoms with E-state index in [1.54, 1.807) is 25.2 Å². The van der Waals surface area contributed by atoms with E-state index < -0.39 is 5.97 Å². The number of anilines is 1. The summed E-state index contributed by atoms with van der Waals surface area (Å²) in [6, 6.07) is 5.21. The van der Waals surface area contributed by atoms with E-state index in [1.807, 2.05) is 0 Å². The van der Waals surface area contributed by atoms with Crippen LogP contribution in [0.1, 0.15) is 23.2 Å².